The van der Waals surface area contributed by atoms with Crippen LogP contribution in [0.1, 0.15) is 13.8 Å². The first kappa shape index (κ1) is 15.0. The second kappa shape index (κ2) is 6.37. The molecule has 2 aromatic carbocycles. The number of nitrogen functional groups attached to an aromatic ring is 1. The Bertz CT molecular complexity index is 617. The number of hydrogen-bond acceptors (Lipinski definition) is 3. The molecule has 0 saturated heterocycles. The molecule has 20 heavy (non-hydrogen) atoms. The van der Waals surface area contributed by atoms with Crippen molar-refractivity contribution in [1.82, 2.24) is 0 Å². The minimum atomic E-state index is 0.0808. The number of nitrogens with one attached hydrogen (secondary N) is 1. The van der Waals surface area contributed by atoms with Gasteiger partial charge in [-0.1, -0.05) is 17.7 Å². The van der Waals surface area contributed by atoms with Gasteiger partial charge in [-0.25, -0.2) is 0 Å². The first-order valence-corrected chi connectivity index (χ1v) is 7.41. The highest BCUT2D eigenvalue weighted by molar-refractivity contribution is 9.10. The molecule has 0 fully saturated rings. The van der Waals surface area contributed by atoms with Gasteiger partial charge in [-0.2, -0.15) is 0 Å². The summed E-state index contributed by atoms with van der Waals surface area (Å²) in [6, 6.07) is 11.3. The Hall–Kier alpha value is -1.39. The van der Waals surface area contributed by atoms with Crippen molar-refractivity contribution < 1.29 is 4.74 Å². The molecule has 2 aromatic rings. The van der Waals surface area contributed by atoms with Gasteiger partial charge in [0.25, 0.3) is 0 Å². The van der Waals surface area contributed by atoms with Crippen LogP contribution in [0.4, 0.5) is 17.1 Å². The van der Waals surface area contributed by atoms with Crippen LogP contribution in [0.25, 0.3) is 0 Å². The summed E-state index contributed by atoms with van der Waals surface area (Å²) in [4.78, 5) is 0. The Labute approximate surface area is 132 Å². The minimum absolute atomic E-state index is 0.0808. The fourth-order valence-corrected chi connectivity index (χ4v) is 2.24. The average molecular weight is 356 g/mol. The van der Waals surface area contributed by atoms with E-state index in [0.29, 0.717) is 16.5 Å². The van der Waals surface area contributed by atoms with Gasteiger partial charge in [0.15, 0.2) is 0 Å². The molecule has 0 aliphatic rings. The molecule has 0 bridgehead atoms. The number of rotatable bonds is 4. The summed E-state index contributed by atoms with van der Waals surface area (Å²) in [5.74, 6) is 0.679. The molecule has 0 amide bonds. The molecule has 0 aliphatic carbocycles. The topological polar surface area (TPSA) is 47.3 Å². The van der Waals surface area contributed by atoms with Crippen molar-refractivity contribution in [3.05, 3.63) is 45.9 Å². The molecule has 0 heterocycles. The molecule has 0 aromatic heterocycles. The summed E-state index contributed by atoms with van der Waals surface area (Å²) >= 11 is 9.38. The van der Waals surface area contributed by atoms with Gasteiger partial charge in [0.1, 0.15) is 5.75 Å². The highest BCUT2D eigenvalue weighted by atomic mass is 79.9. The van der Waals surface area contributed by atoms with E-state index in [9.17, 15) is 0 Å². The molecule has 106 valence electrons. The number of benzene rings is 2. The lowest BCUT2D eigenvalue weighted by molar-refractivity contribution is 0.244. The van der Waals surface area contributed by atoms with Crippen LogP contribution in [-0.4, -0.2) is 6.10 Å². The van der Waals surface area contributed by atoms with Crippen LogP contribution in [0.5, 0.6) is 5.75 Å². The fourth-order valence-electron chi connectivity index (χ4n) is 1.74. The van der Waals surface area contributed by atoms with Gasteiger partial charge in [-0.3, -0.25) is 0 Å². The predicted molar refractivity (Wildman–Crippen MR) is 89.1 cm³/mol. The van der Waals surface area contributed by atoms with E-state index >= 15 is 0 Å². The smallest absolute Gasteiger partial charge is 0.144 e. The van der Waals surface area contributed by atoms with Crippen molar-refractivity contribution in [2.45, 2.75) is 20.0 Å². The fraction of sp³-hybridized carbons (Fsp3) is 0.200. The summed E-state index contributed by atoms with van der Waals surface area (Å²) in [7, 11) is 0. The van der Waals surface area contributed by atoms with Crippen LogP contribution in [0.15, 0.2) is 40.9 Å². The zero-order valence-electron chi connectivity index (χ0n) is 11.3. The van der Waals surface area contributed by atoms with Crippen LogP contribution in [0, 0.1) is 0 Å². The molecule has 2 rings (SSSR count). The quantitative estimate of drug-likeness (QED) is 0.740. The Morgan fingerprint density at radius 2 is 2.00 bits per heavy atom. The Balaban J connectivity index is 2.27. The molecule has 3 nitrogen and oxygen atoms in total. The number of ether oxygens (including phenoxy) is 1. The molecule has 0 atom stereocenters. The van der Waals surface area contributed by atoms with Crippen LogP contribution >= 0.6 is 27.5 Å². The second-order valence-electron chi connectivity index (χ2n) is 4.64. The van der Waals surface area contributed by atoms with Crippen molar-refractivity contribution >= 4 is 44.6 Å². The normalized spacial score (nSPS) is 10.7. The van der Waals surface area contributed by atoms with E-state index in [2.05, 4.69) is 21.2 Å². The van der Waals surface area contributed by atoms with Crippen LogP contribution < -0.4 is 15.8 Å². The first-order valence-electron chi connectivity index (χ1n) is 6.24. The van der Waals surface area contributed by atoms with Gasteiger partial charge in [0, 0.05) is 10.2 Å². The summed E-state index contributed by atoms with van der Waals surface area (Å²) in [5.41, 5.74) is 8.41. The van der Waals surface area contributed by atoms with E-state index in [1.807, 2.05) is 50.2 Å². The molecule has 0 saturated carbocycles. The van der Waals surface area contributed by atoms with Crippen molar-refractivity contribution in [3.63, 3.8) is 0 Å². The van der Waals surface area contributed by atoms with Crippen LogP contribution in [0.3, 0.4) is 0 Å². The number of para-hydroxylation sites is 1. The monoisotopic (exact) mass is 354 g/mol. The summed E-state index contributed by atoms with van der Waals surface area (Å²) < 4.78 is 6.50. The Kier molecular flexibility index (Phi) is 4.78. The number of hydrogen-bond donors (Lipinski definition) is 2. The van der Waals surface area contributed by atoms with E-state index < -0.39 is 0 Å². The molecule has 0 spiro atoms. The number of halogens is 2. The lowest BCUT2D eigenvalue weighted by Crippen LogP contribution is -2.08. The molecule has 3 N–H and O–H groups in total. The molecule has 5 heteroatoms. The third kappa shape index (κ3) is 3.58. The molecular weight excluding hydrogens is 340 g/mol. The highest BCUT2D eigenvalue weighted by Crippen LogP contribution is 2.33. The van der Waals surface area contributed by atoms with E-state index in [1.54, 1.807) is 0 Å². The zero-order chi connectivity index (χ0) is 14.7. The summed E-state index contributed by atoms with van der Waals surface area (Å²) in [6.07, 6.45) is 0.0808. The summed E-state index contributed by atoms with van der Waals surface area (Å²) in [5, 5.41) is 3.93. The first-order chi connectivity index (χ1) is 9.47. The maximum Gasteiger partial charge on any atom is 0.144 e. The largest absolute Gasteiger partial charge is 0.489 e. The van der Waals surface area contributed by atoms with Gasteiger partial charge in [-0.15, -0.1) is 0 Å². The lowest BCUT2D eigenvalue weighted by atomic mass is 10.2. The average Bonchev–Trinajstić information content (AvgIpc) is 2.38. The maximum atomic E-state index is 6.12. The SMILES string of the molecule is CC(C)Oc1cccc(Nc2ccc(Cl)c(Br)c2)c1N. The van der Waals surface area contributed by atoms with Crippen LogP contribution in [0.2, 0.25) is 5.02 Å². The molecule has 0 radical (unpaired) electrons. The maximum absolute atomic E-state index is 6.12. The van der Waals surface area contributed by atoms with Gasteiger partial charge in [0.2, 0.25) is 0 Å². The second-order valence-corrected chi connectivity index (χ2v) is 5.90. The van der Waals surface area contributed by atoms with Crippen molar-refractivity contribution in [1.29, 1.82) is 0 Å². The van der Waals surface area contributed by atoms with Crippen molar-refractivity contribution in [3.8, 4) is 5.75 Å². The molecule has 0 unspecified atom stereocenters. The van der Waals surface area contributed by atoms with Crippen molar-refractivity contribution in [2.75, 3.05) is 11.1 Å². The standard InChI is InChI=1S/C15H16BrClN2O/c1-9(2)20-14-5-3-4-13(15(14)18)19-10-6-7-12(17)11(16)8-10/h3-9,19H,18H2,1-2H3. The third-order valence-corrected chi connectivity index (χ3v) is 3.84. The Morgan fingerprint density at radius 3 is 2.65 bits per heavy atom. The molecular formula is C15H16BrClN2O. The van der Waals surface area contributed by atoms with Gasteiger partial charge < -0.3 is 15.8 Å². The zero-order valence-corrected chi connectivity index (χ0v) is 13.6. The van der Waals surface area contributed by atoms with Gasteiger partial charge >= 0.3 is 0 Å². The van der Waals surface area contributed by atoms with E-state index in [0.717, 1.165) is 15.8 Å². The van der Waals surface area contributed by atoms with Gasteiger partial charge in [-0.05, 0) is 60.1 Å². The van der Waals surface area contributed by atoms with Crippen LogP contribution in [-0.2, 0) is 0 Å². The van der Waals surface area contributed by atoms with E-state index in [1.165, 1.54) is 0 Å². The predicted octanol–water partition coefficient (Wildman–Crippen LogP) is 5.22. The molecule has 0 aliphatic heterocycles. The number of anilines is 3. The third-order valence-electron chi connectivity index (χ3n) is 2.63. The lowest BCUT2D eigenvalue weighted by Gasteiger charge is -2.16. The highest BCUT2D eigenvalue weighted by Gasteiger charge is 2.08. The number of nitrogens with two attached hydrogens (primary N) is 1. The Morgan fingerprint density at radius 1 is 1.25 bits per heavy atom. The van der Waals surface area contributed by atoms with E-state index in [4.69, 9.17) is 22.1 Å². The minimum Gasteiger partial charge on any atom is -0.489 e. The van der Waals surface area contributed by atoms with E-state index in [-0.39, 0.29) is 6.10 Å². The van der Waals surface area contributed by atoms with Crippen molar-refractivity contribution in [2.24, 2.45) is 0 Å². The summed E-state index contributed by atoms with van der Waals surface area (Å²) in [6.45, 7) is 3.94. The van der Waals surface area contributed by atoms with Gasteiger partial charge in [0.05, 0.1) is 22.5 Å².